The number of hydrogen-bond acceptors (Lipinski definition) is 2. The third-order valence-electron chi connectivity index (χ3n) is 3.22. The van der Waals surface area contributed by atoms with Gasteiger partial charge in [0.15, 0.2) is 0 Å². The van der Waals surface area contributed by atoms with Crippen molar-refractivity contribution in [3.8, 4) is 0 Å². The van der Waals surface area contributed by atoms with Crippen LogP contribution in [0.3, 0.4) is 0 Å². The summed E-state index contributed by atoms with van der Waals surface area (Å²) in [6.45, 7) is 6.71. The molecule has 2 nitrogen and oxygen atoms in total. The van der Waals surface area contributed by atoms with Gasteiger partial charge in [-0.2, -0.15) is 0 Å². The molecule has 1 atom stereocenters. The van der Waals surface area contributed by atoms with Crippen molar-refractivity contribution < 1.29 is 0 Å². The van der Waals surface area contributed by atoms with Gasteiger partial charge >= 0.3 is 0 Å². The van der Waals surface area contributed by atoms with Crippen molar-refractivity contribution >= 4 is 10.9 Å². The third-order valence-corrected chi connectivity index (χ3v) is 3.22. The molecule has 0 aliphatic carbocycles. The minimum absolute atomic E-state index is 0.655. The summed E-state index contributed by atoms with van der Waals surface area (Å²) in [5, 5.41) is 4.78. The Hall–Kier alpha value is -1.41. The summed E-state index contributed by atoms with van der Waals surface area (Å²) < 4.78 is 0. The van der Waals surface area contributed by atoms with Crippen LogP contribution in [0.25, 0.3) is 10.9 Å². The fraction of sp³-hybridized carbons (Fsp3) is 0.438. The van der Waals surface area contributed by atoms with E-state index in [9.17, 15) is 0 Å². The number of nitrogens with zero attached hydrogens (tertiary/aromatic N) is 1. The van der Waals surface area contributed by atoms with E-state index in [1.807, 2.05) is 12.3 Å². The van der Waals surface area contributed by atoms with E-state index in [1.165, 1.54) is 17.4 Å². The molecule has 0 saturated carbocycles. The molecule has 0 radical (unpaired) electrons. The number of nitrogens with one attached hydrogen (secondary N) is 1. The standard InChI is InChI=1S/C16H22N2/c1-3-9-17-12-13(2)11-14-6-4-8-16-15(14)7-5-10-18-16/h4-8,10,13,17H,3,9,11-12H2,1-2H3. The molecular formula is C16H22N2. The van der Waals surface area contributed by atoms with Crippen LogP contribution < -0.4 is 5.32 Å². The minimum Gasteiger partial charge on any atom is -0.316 e. The highest BCUT2D eigenvalue weighted by molar-refractivity contribution is 5.81. The Bertz CT molecular complexity index is 488. The molecule has 2 rings (SSSR count). The van der Waals surface area contributed by atoms with Gasteiger partial charge in [-0.3, -0.25) is 4.98 Å². The largest absolute Gasteiger partial charge is 0.316 e. The first-order valence-electron chi connectivity index (χ1n) is 6.84. The van der Waals surface area contributed by atoms with Gasteiger partial charge in [0.05, 0.1) is 5.52 Å². The second kappa shape index (κ2) is 6.50. The second-order valence-electron chi connectivity index (χ2n) is 5.00. The number of aromatic nitrogens is 1. The Morgan fingerprint density at radius 1 is 1.22 bits per heavy atom. The molecule has 0 aliphatic heterocycles. The van der Waals surface area contributed by atoms with Crippen LogP contribution in [0.15, 0.2) is 36.5 Å². The zero-order chi connectivity index (χ0) is 12.8. The van der Waals surface area contributed by atoms with Gasteiger partial charge in [-0.05, 0) is 49.5 Å². The van der Waals surface area contributed by atoms with E-state index in [0.29, 0.717) is 5.92 Å². The Balaban J connectivity index is 2.07. The van der Waals surface area contributed by atoms with Crippen LogP contribution >= 0.6 is 0 Å². The van der Waals surface area contributed by atoms with Crippen molar-refractivity contribution in [1.82, 2.24) is 10.3 Å². The lowest BCUT2D eigenvalue weighted by Crippen LogP contribution is -2.23. The lowest BCUT2D eigenvalue weighted by molar-refractivity contribution is 0.512. The molecule has 2 aromatic rings. The Morgan fingerprint density at radius 3 is 2.94 bits per heavy atom. The van der Waals surface area contributed by atoms with E-state index in [4.69, 9.17) is 0 Å². The van der Waals surface area contributed by atoms with Crippen molar-refractivity contribution in [3.63, 3.8) is 0 Å². The summed E-state index contributed by atoms with van der Waals surface area (Å²) in [5.74, 6) is 0.655. The van der Waals surface area contributed by atoms with E-state index in [0.717, 1.165) is 25.0 Å². The highest BCUT2D eigenvalue weighted by Crippen LogP contribution is 2.19. The number of pyridine rings is 1. The van der Waals surface area contributed by atoms with Crippen LogP contribution in [0.4, 0.5) is 0 Å². The lowest BCUT2D eigenvalue weighted by Gasteiger charge is -2.13. The SMILES string of the molecule is CCCNCC(C)Cc1cccc2ncccc12. The monoisotopic (exact) mass is 242 g/mol. The summed E-state index contributed by atoms with van der Waals surface area (Å²) in [5.41, 5.74) is 2.51. The molecule has 18 heavy (non-hydrogen) atoms. The first-order chi connectivity index (χ1) is 8.81. The zero-order valence-corrected chi connectivity index (χ0v) is 11.3. The van der Waals surface area contributed by atoms with Gasteiger partial charge in [-0.15, -0.1) is 0 Å². The van der Waals surface area contributed by atoms with Gasteiger partial charge in [-0.1, -0.05) is 32.0 Å². The number of benzene rings is 1. The van der Waals surface area contributed by atoms with Gasteiger partial charge in [0.2, 0.25) is 0 Å². The van der Waals surface area contributed by atoms with E-state index >= 15 is 0 Å². The number of rotatable bonds is 6. The van der Waals surface area contributed by atoms with Crippen LogP contribution in [-0.2, 0) is 6.42 Å². The lowest BCUT2D eigenvalue weighted by atomic mass is 9.97. The highest BCUT2D eigenvalue weighted by Gasteiger charge is 2.06. The van der Waals surface area contributed by atoms with Crippen LogP contribution in [0.5, 0.6) is 0 Å². The molecular weight excluding hydrogens is 220 g/mol. The normalized spacial score (nSPS) is 12.8. The average molecular weight is 242 g/mol. The van der Waals surface area contributed by atoms with Crippen molar-refractivity contribution in [2.24, 2.45) is 5.92 Å². The molecule has 1 N–H and O–H groups in total. The van der Waals surface area contributed by atoms with Gasteiger partial charge in [0.1, 0.15) is 0 Å². The van der Waals surface area contributed by atoms with Crippen molar-refractivity contribution in [3.05, 3.63) is 42.1 Å². The summed E-state index contributed by atoms with van der Waals surface area (Å²) in [6, 6.07) is 10.6. The smallest absolute Gasteiger partial charge is 0.0704 e. The van der Waals surface area contributed by atoms with E-state index in [2.05, 4.69) is 48.4 Å². The predicted molar refractivity (Wildman–Crippen MR) is 77.8 cm³/mol. The maximum atomic E-state index is 4.41. The van der Waals surface area contributed by atoms with E-state index in [1.54, 1.807) is 0 Å². The van der Waals surface area contributed by atoms with Crippen LogP contribution in [0.1, 0.15) is 25.8 Å². The summed E-state index contributed by atoms with van der Waals surface area (Å²) in [6.07, 6.45) is 4.17. The van der Waals surface area contributed by atoms with Gasteiger partial charge < -0.3 is 5.32 Å². The Morgan fingerprint density at radius 2 is 2.11 bits per heavy atom. The molecule has 0 aliphatic rings. The summed E-state index contributed by atoms with van der Waals surface area (Å²) >= 11 is 0. The molecule has 1 heterocycles. The molecule has 0 spiro atoms. The van der Waals surface area contributed by atoms with Crippen LogP contribution in [0.2, 0.25) is 0 Å². The minimum atomic E-state index is 0.655. The molecule has 96 valence electrons. The molecule has 1 unspecified atom stereocenters. The summed E-state index contributed by atoms with van der Waals surface area (Å²) in [7, 11) is 0. The van der Waals surface area contributed by atoms with Crippen molar-refractivity contribution in [2.45, 2.75) is 26.7 Å². The first-order valence-corrected chi connectivity index (χ1v) is 6.84. The molecule has 2 heteroatoms. The molecule has 0 saturated heterocycles. The Kier molecular flexibility index (Phi) is 4.71. The fourth-order valence-electron chi connectivity index (χ4n) is 2.32. The highest BCUT2D eigenvalue weighted by atomic mass is 14.8. The molecule has 1 aromatic carbocycles. The first kappa shape index (κ1) is 13.0. The van der Waals surface area contributed by atoms with Gasteiger partial charge in [0, 0.05) is 11.6 Å². The van der Waals surface area contributed by atoms with E-state index < -0.39 is 0 Å². The molecule has 1 aromatic heterocycles. The van der Waals surface area contributed by atoms with Crippen molar-refractivity contribution in [2.75, 3.05) is 13.1 Å². The second-order valence-corrected chi connectivity index (χ2v) is 5.00. The van der Waals surface area contributed by atoms with Gasteiger partial charge in [0.25, 0.3) is 0 Å². The fourth-order valence-corrected chi connectivity index (χ4v) is 2.32. The van der Waals surface area contributed by atoms with E-state index in [-0.39, 0.29) is 0 Å². The molecule has 0 amide bonds. The summed E-state index contributed by atoms with van der Waals surface area (Å²) in [4.78, 5) is 4.41. The average Bonchev–Trinajstić information content (AvgIpc) is 2.39. The quantitative estimate of drug-likeness (QED) is 0.785. The maximum Gasteiger partial charge on any atom is 0.0704 e. The zero-order valence-electron chi connectivity index (χ0n) is 11.3. The molecule has 0 fully saturated rings. The predicted octanol–water partition coefficient (Wildman–Crippen LogP) is 3.41. The molecule has 0 bridgehead atoms. The van der Waals surface area contributed by atoms with Crippen LogP contribution in [0, 0.1) is 5.92 Å². The third kappa shape index (κ3) is 3.30. The maximum absolute atomic E-state index is 4.41. The van der Waals surface area contributed by atoms with Gasteiger partial charge in [-0.25, -0.2) is 0 Å². The Labute approximate surface area is 109 Å². The number of hydrogen-bond donors (Lipinski definition) is 1. The van der Waals surface area contributed by atoms with Crippen molar-refractivity contribution in [1.29, 1.82) is 0 Å². The topological polar surface area (TPSA) is 24.9 Å². The number of fused-ring (bicyclic) bond motifs is 1. The van der Waals surface area contributed by atoms with Crippen LogP contribution in [-0.4, -0.2) is 18.1 Å².